The number of hydrogen-bond acceptors (Lipinski definition) is 8. The number of carbonyl (C=O) groups is 4. The molecule has 4 N–H and O–H groups in total. The molecule has 0 unspecified atom stereocenters. The van der Waals surface area contributed by atoms with Crippen LogP contribution in [0.2, 0.25) is 0 Å². The van der Waals surface area contributed by atoms with Crippen molar-refractivity contribution >= 4 is 23.9 Å². The normalized spacial score (nSPS) is 13.0. The monoisotopic (exact) mass is 1050 g/mol. The summed E-state index contributed by atoms with van der Waals surface area (Å²) in [4.78, 5) is 46.5. The summed E-state index contributed by atoms with van der Waals surface area (Å²) in [5.41, 5.74) is 10.9. The highest BCUT2D eigenvalue weighted by atomic mass is 16.5. The van der Waals surface area contributed by atoms with Crippen LogP contribution in [-0.4, -0.2) is 70.7 Å². The lowest BCUT2D eigenvalue weighted by Crippen LogP contribution is -2.18. The van der Waals surface area contributed by atoms with Gasteiger partial charge in [-0.1, -0.05) is 132 Å². The molecule has 0 spiro atoms. The standard InChI is InChI=1S/C64H88O12/c1-61(2,3)49-33-41-29-43-35-50(62(4,5)6)37-45(58(43)74-26-18-14-22-54(67)68)31-47-39-52(64(10,11)12)40-48(60(47)76-28-20-16-24-56(71)72)32-46-38-51(63(7,8)9)36-44(59(46)75-27-19-15-23-55(69)70)30-42(34-49)57(41)73-25-17-13-21-53(65)66/h33-40H,13-32H2,1-12H3,(H,65,66)(H,67,68)(H,69,70)(H,71,72). The number of ether oxygens (including phenoxy) is 4. The van der Waals surface area contributed by atoms with Crippen LogP contribution in [0, 0.1) is 0 Å². The first-order chi connectivity index (χ1) is 35.5. The van der Waals surface area contributed by atoms with Crippen molar-refractivity contribution in [1.82, 2.24) is 0 Å². The average Bonchev–Trinajstić information content (AvgIpc) is 3.28. The summed E-state index contributed by atoms with van der Waals surface area (Å²) in [6.07, 6.45) is 5.79. The van der Waals surface area contributed by atoms with E-state index in [1.165, 1.54) is 0 Å². The zero-order valence-electron chi connectivity index (χ0n) is 47.8. The van der Waals surface area contributed by atoms with Gasteiger partial charge in [0.15, 0.2) is 0 Å². The fourth-order valence-corrected chi connectivity index (χ4v) is 9.57. The number of unbranched alkanes of at least 4 members (excludes halogenated alkanes) is 4. The van der Waals surface area contributed by atoms with E-state index < -0.39 is 23.9 Å². The Hall–Kier alpha value is -6.04. The largest absolute Gasteiger partial charge is 0.493 e. The van der Waals surface area contributed by atoms with E-state index in [1.807, 2.05) is 0 Å². The number of hydrogen-bond donors (Lipinski definition) is 4. The minimum atomic E-state index is -0.852. The maximum absolute atomic E-state index is 11.6. The Morgan fingerprint density at radius 3 is 0.605 bits per heavy atom. The van der Waals surface area contributed by atoms with Gasteiger partial charge >= 0.3 is 23.9 Å². The van der Waals surface area contributed by atoms with Crippen molar-refractivity contribution in [3.63, 3.8) is 0 Å². The molecule has 0 saturated heterocycles. The fourth-order valence-electron chi connectivity index (χ4n) is 9.57. The second-order valence-electron chi connectivity index (χ2n) is 25.0. The summed E-state index contributed by atoms with van der Waals surface area (Å²) in [6, 6.07) is 17.9. The van der Waals surface area contributed by atoms with Gasteiger partial charge in [-0.05, 0) is 140 Å². The first-order valence-electron chi connectivity index (χ1n) is 27.5. The van der Waals surface area contributed by atoms with Crippen molar-refractivity contribution in [2.75, 3.05) is 26.4 Å². The first kappa shape index (κ1) is 60.8. The maximum atomic E-state index is 11.6. The number of rotatable bonds is 24. The van der Waals surface area contributed by atoms with Gasteiger partial charge in [0, 0.05) is 51.4 Å². The molecule has 0 aliphatic heterocycles. The number of aliphatic carboxylic acids is 4. The molecule has 4 aromatic carbocycles. The van der Waals surface area contributed by atoms with Crippen molar-refractivity contribution in [1.29, 1.82) is 0 Å². The van der Waals surface area contributed by atoms with Gasteiger partial charge in [-0.2, -0.15) is 0 Å². The van der Waals surface area contributed by atoms with Gasteiger partial charge in [0.25, 0.3) is 0 Å². The number of carboxylic acids is 4. The summed E-state index contributed by atoms with van der Waals surface area (Å²) in [7, 11) is 0. The average molecular weight is 1050 g/mol. The third-order valence-electron chi connectivity index (χ3n) is 14.1. The van der Waals surface area contributed by atoms with Crippen molar-refractivity contribution in [2.24, 2.45) is 0 Å². The number of fused-ring (bicyclic) bond motifs is 8. The lowest BCUT2D eigenvalue weighted by atomic mass is 9.79. The molecule has 0 atom stereocenters. The summed E-state index contributed by atoms with van der Waals surface area (Å²) in [5, 5.41) is 38.2. The molecule has 0 fully saturated rings. The van der Waals surface area contributed by atoms with Crippen molar-refractivity contribution in [3.05, 3.63) is 115 Å². The van der Waals surface area contributed by atoms with Gasteiger partial charge in [0.2, 0.25) is 0 Å². The van der Waals surface area contributed by atoms with Crippen LogP contribution in [0.3, 0.4) is 0 Å². The highest BCUT2D eigenvalue weighted by molar-refractivity contribution is 5.68. The van der Waals surface area contributed by atoms with Gasteiger partial charge in [-0.15, -0.1) is 0 Å². The maximum Gasteiger partial charge on any atom is 0.303 e. The van der Waals surface area contributed by atoms with Gasteiger partial charge in [0.05, 0.1) is 26.4 Å². The Balaban J connectivity index is 1.95. The number of carboxylic acid groups (broad SMARTS) is 4. The van der Waals surface area contributed by atoms with E-state index in [-0.39, 0.29) is 47.3 Å². The second kappa shape index (κ2) is 26.3. The van der Waals surface area contributed by atoms with E-state index in [1.54, 1.807) is 0 Å². The quantitative estimate of drug-likeness (QED) is 0.0429. The Bertz CT molecular complexity index is 2210. The lowest BCUT2D eigenvalue weighted by molar-refractivity contribution is -0.138. The highest BCUT2D eigenvalue weighted by Gasteiger charge is 2.30. The van der Waals surface area contributed by atoms with Crippen molar-refractivity contribution in [2.45, 2.75) is 207 Å². The van der Waals surface area contributed by atoms with E-state index >= 15 is 0 Å². The third-order valence-corrected chi connectivity index (χ3v) is 14.1. The van der Waals surface area contributed by atoms with E-state index in [0.29, 0.717) is 103 Å². The Kier molecular flexibility index (Phi) is 21.1. The predicted molar refractivity (Wildman–Crippen MR) is 300 cm³/mol. The van der Waals surface area contributed by atoms with Crippen LogP contribution in [0.15, 0.2) is 48.5 Å². The molecule has 0 heterocycles. The Labute approximate surface area is 452 Å². The van der Waals surface area contributed by atoms with E-state index in [9.17, 15) is 39.6 Å². The SMILES string of the molecule is CC(C)(C)c1cc2c(OCCCCC(=O)O)c(c1)Cc1cc(C(C)(C)C)cc(c1OCCCCC(=O)O)Cc1cc(C(C)(C)C)cc(c1OCCCCC(=O)O)Cc1cc(C(C)(C)C)cc(c1OCCCCC(=O)O)C2. The van der Waals surface area contributed by atoms with Gasteiger partial charge in [0.1, 0.15) is 23.0 Å². The highest BCUT2D eigenvalue weighted by Crippen LogP contribution is 2.45. The minimum absolute atomic E-state index is 0.0356. The predicted octanol–water partition coefficient (Wildman–Crippen LogP) is 14.1. The van der Waals surface area contributed by atoms with Gasteiger partial charge < -0.3 is 39.4 Å². The molecule has 5 rings (SSSR count). The van der Waals surface area contributed by atoms with E-state index in [2.05, 4.69) is 132 Å². The molecule has 8 bridgehead atoms. The molecule has 0 aromatic heterocycles. The molecule has 4 aromatic rings. The summed E-state index contributed by atoms with van der Waals surface area (Å²) in [6.45, 7) is 27.6. The van der Waals surface area contributed by atoms with Crippen LogP contribution in [0.4, 0.5) is 0 Å². The summed E-state index contributed by atoms with van der Waals surface area (Å²) < 4.78 is 27.9. The van der Waals surface area contributed by atoms with Crippen LogP contribution in [0.25, 0.3) is 0 Å². The molecule has 0 radical (unpaired) electrons. The number of benzene rings is 4. The van der Waals surface area contributed by atoms with Crippen LogP contribution in [0.1, 0.15) is 227 Å². The fraction of sp³-hybridized carbons (Fsp3) is 0.562. The molecule has 76 heavy (non-hydrogen) atoms. The molecule has 12 nitrogen and oxygen atoms in total. The van der Waals surface area contributed by atoms with Crippen LogP contribution >= 0.6 is 0 Å². The van der Waals surface area contributed by atoms with Gasteiger partial charge in [-0.3, -0.25) is 19.2 Å². The zero-order valence-corrected chi connectivity index (χ0v) is 47.8. The first-order valence-corrected chi connectivity index (χ1v) is 27.5. The molecule has 0 amide bonds. The third kappa shape index (κ3) is 18.0. The molecule has 1 aliphatic rings. The second-order valence-corrected chi connectivity index (χ2v) is 25.0. The molecular formula is C64H88O12. The molecule has 0 saturated carbocycles. The van der Waals surface area contributed by atoms with Crippen molar-refractivity contribution < 1.29 is 58.6 Å². The van der Waals surface area contributed by atoms with Crippen LogP contribution in [-0.2, 0) is 66.5 Å². The van der Waals surface area contributed by atoms with Gasteiger partial charge in [-0.25, -0.2) is 0 Å². The minimum Gasteiger partial charge on any atom is -0.493 e. The Morgan fingerprint density at radius 1 is 0.316 bits per heavy atom. The summed E-state index contributed by atoms with van der Waals surface area (Å²) >= 11 is 0. The molecule has 416 valence electrons. The Morgan fingerprint density at radius 2 is 0.474 bits per heavy atom. The molecular weight excluding hydrogens is 961 g/mol. The van der Waals surface area contributed by atoms with Crippen LogP contribution in [0.5, 0.6) is 23.0 Å². The summed E-state index contributed by atoms with van der Waals surface area (Å²) in [5.74, 6) is -0.524. The van der Waals surface area contributed by atoms with E-state index in [4.69, 9.17) is 18.9 Å². The van der Waals surface area contributed by atoms with E-state index in [0.717, 1.165) is 89.8 Å². The smallest absolute Gasteiger partial charge is 0.303 e. The lowest BCUT2D eigenvalue weighted by Gasteiger charge is -2.29. The topological polar surface area (TPSA) is 186 Å². The van der Waals surface area contributed by atoms with Crippen LogP contribution < -0.4 is 18.9 Å². The van der Waals surface area contributed by atoms with Crippen molar-refractivity contribution in [3.8, 4) is 23.0 Å². The molecule has 12 heteroatoms. The molecule has 1 aliphatic carbocycles. The zero-order chi connectivity index (χ0) is 56.2.